The number of carbonyl (C=O) groups excluding carboxylic acids is 1. The third kappa shape index (κ3) is 4.45. The van der Waals surface area contributed by atoms with E-state index in [0.717, 1.165) is 16.7 Å². The second-order valence-corrected chi connectivity index (χ2v) is 9.97. The Bertz CT molecular complexity index is 1290. The van der Waals surface area contributed by atoms with E-state index < -0.39 is 10.0 Å². The minimum absolute atomic E-state index is 0.0753. The number of anilines is 2. The first kappa shape index (κ1) is 22.2. The molecule has 1 heterocycles. The maximum atomic E-state index is 13.1. The van der Waals surface area contributed by atoms with Gasteiger partial charge in [0, 0.05) is 12.2 Å². The zero-order valence-corrected chi connectivity index (χ0v) is 19.3. The summed E-state index contributed by atoms with van der Waals surface area (Å²) < 4.78 is 33.2. The molecule has 0 saturated heterocycles. The van der Waals surface area contributed by atoms with E-state index >= 15 is 0 Å². The van der Waals surface area contributed by atoms with Gasteiger partial charge in [-0.15, -0.1) is 0 Å². The number of hydrogen-bond donors (Lipinski definition) is 1. The Hall–Kier alpha value is -3.03. The maximum Gasteiger partial charge on any atom is 0.264 e. The van der Waals surface area contributed by atoms with E-state index in [2.05, 4.69) is 5.32 Å². The molecular formula is C24H23ClN2O4S. The van der Waals surface area contributed by atoms with E-state index in [0.29, 0.717) is 24.3 Å². The molecule has 0 saturated carbocycles. The summed E-state index contributed by atoms with van der Waals surface area (Å²) in [6, 6.07) is 17.4. The Morgan fingerprint density at radius 1 is 1.09 bits per heavy atom. The Labute approximate surface area is 192 Å². The molecule has 4 rings (SSSR count). The fourth-order valence-corrected chi connectivity index (χ4v) is 5.56. The molecule has 0 fully saturated rings. The molecule has 0 atom stereocenters. The summed E-state index contributed by atoms with van der Waals surface area (Å²) in [4.78, 5) is 12.3. The molecular weight excluding hydrogens is 448 g/mol. The van der Waals surface area contributed by atoms with E-state index in [-0.39, 0.29) is 28.2 Å². The summed E-state index contributed by atoms with van der Waals surface area (Å²) in [6.07, 6.45) is 0.667. The topological polar surface area (TPSA) is 75.7 Å². The number of nitrogens with zero attached hydrogens (tertiary/aromatic N) is 1. The third-order valence-electron chi connectivity index (χ3n) is 5.35. The van der Waals surface area contributed by atoms with Crippen molar-refractivity contribution in [3.63, 3.8) is 0 Å². The molecule has 32 heavy (non-hydrogen) atoms. The zero-order chi connectivity index (χ0) is 22.9. The summed E-state index contributed by atoms with van der Waals surface area (Å²) in [5, 5.41) is 2.92. The molecule has 8 heteroatoms. The first-order valence-corrected chi connectivity index (χ1v) is 12.0. The van der Waals surface area contributed by atoms with Gasteiger partial charge in [0.25, 0.3) is 15.9 Å². The van der Waals surface area contributed by atoms with E-state index in [9.17, 15) is 13.2 Å². The van der Waals surface area contributed by atoms with Crippen LogP contribution in [0.2, 0.25) is 5.02 Å². The maximum absolute atomic E-state index is 13.1. The number of nitrogens with one attached hydrogen (secondary N) is 1. The average molecular weight is 471 g/mol. The monoisotopic (exact) mass is 470 g/mol. The first-order valence-electron chi connectivity index (χ1n) is 10.2. The van der Waals surface area contributed by atoms with Crippen molar-refractivity contribution in [1.82, 2.24) is 0 Å². The SMILES string of the molecule is Cc1ccc(NC(=O)COc2ccc(S(=O)(=O)N3CCc4ccccc43)cc2Cl)c(C)c1. The van der Waals surface area contributed by atoms with Crippen LogP contribution in [0, 0.1) is 13.8 Å². The van der Waals surface area contributed by atoms with Crippen LogP contribution in [-0.4, -0.2) is 27.5 Å². The second-order valence-electron chi connectivity index (χ2n) is 7.70. The minimum Gasteiger partial charge on any atom is -0.482 e. The van der Waals surface area contributed by atoms with E-state index in [1.165, 1.54) is 22.5 Å². The fraction of sp³-hybridized carbons (Fsp3) is 0.208. The summed E-state index contributed by atoms with van der Waals surface area (Å²) >= 11 is 6.29. The molecule has 1 aliphatic rings. The second kappa shape index (κ2) is 8.84. The van der Waals surface area contributed by atoms with Crippen LogP contribution in [0.5, 0.6) is 5.75 Å². The van der Waals surface area contributed by atoms with Crippen molar-refractivity contribution in [1.29, 1.82) is 0 Å². The minimum atomic E-state index is -3.76. The largest absolute Gasteiger partial charge is 0.482 e. The number of para-hydroxylation sites is 1. The number of ether oxygens (including phenoxy) is 1. The van der Waals surface area contributed by atoms with Crippen LogP contribution < -0.4 is 14.4 Å². The number of rotatable bonds is 6. The van der Waals surface area contributed by atoms with Gasteiger partial charge in [0.2, 0.25) is 0 Å². The number of halogens is 1. The lowest BCUT2D eigenvalue weighted by atomic mass is 10.1. The molecule has 1 aliphatic heterocycles. The lowest BCUT2D eigenvalue weighted by molar-refractivity contribution is -0.118. The first-order chi connectivity index (χ1) is 15.3. The summed E-state index contributed by atoms with van der Waals surface area (Å²) in [5.74, 6) is -0.0957. The van der Waals surface area contributed by atoms with Crippen molar-refractivity contribution < 1.29 is 17.9 Å². The molecule has 6 nitrogen and oxygen atoms in total. The Morgan fingerprint density at radius 2 is 1.88 bits per heavy atom. The average Bonchev–Trinajstić information content (AvgIpc) is 3.20. The Morgan fingerprint density at radius 3 is 2.62 bits per heavy atom. The molecule has 1 N–H and O–H groups in total. The molecule has 1 amide bonds. The summed E-state index contributed by atoms with van der Waals surface area (Å²) in [5.41, 5.74) is 4.46. The molecule has 0 aromatic heterocycles. The number of fused-ring (bicyclic) bond motifs is 1. The molecule has 3 aromatic carbocycles. The van der Waals surface area contributed by atoms with E-state index in [4.69, 9.17) is 16.3 Å². The number of amides is 1. The molecule has 3 aromatic rings. The van der Waals surface area contributed by atoms with Crippen LogP contribution in [0.15, 0.2) is 65.6 Å². The molecule has 0 spiro atoms. The van der Waals surface area contributed by atoms with Gasteiger partial charge in [0.1, 0.15) is 5.75 Å². The highest BCUT2D eigenvalue weighted by Crippen LogP contribution is 2.35. The van der Waals surface area contributed by atoms with Gasteiger partial charge in [0.05, 0.1) is 15.6 Å². The quantitative estimate of drug-likeness (QED) is 0.565. The van der Waals surface area contributed by atoms with E-state index in [1.807, 2.05) is 50.2 Å². The van der Waals surface area contributed by atoms with Gasteiger partial charge < -0.3 is 10.1 Å². The third-order valence-corrected chi connectivity index (χ3v) is 7.46. The van der Waals surface area contributed by atoms with Gasteiger partial charge in [-0.1, -0.05) is 47.5 Å². The van der Waals surface area contributed by atoms with Gasteiger partial charge in [-0.05, 0) is 61.7 Å². The van der Waals surface area contributed by atoms with Crippen molar-refractivity contribution in [3.05, 3.63) is 82.4 Å². The predicted molar refractivity (Wildman–Crippen MR) is 126 cm³/mol. The Kier molecular flexibility index (Phi) is 6.13. The van der Waals surface area contributed by atoms with Crippen LogP contribution in [0.3, 0.4) is 0 Å². The number of hydrogen-bond acceptors (Lipinski definition) is 4. The number of carbonyl (C=O) groups is 1. The zero-order valence-electron chi connectivity index (χ0n) is 17.8. The van der Waals surface area contributed by atoms with Gasteiger partial charge in [0.15, 0.2) is 6.61 Å². The normalized spacial score (nSPS) is 13.0. The lowest BCUT2D eigenvalue weighted by Gasteiger charge is -2.20. The summed E-state index contributed by atoms with van der Waals surface area (Å²) in [6.45, 7) is 4.03. The smallest absolute Gasteiger partial charge is 0.264 e. The van der Waals surface area contributed by atoms with Crippen LogP contribution in [-0.2, 0) is 21.2 Å². The molecule has 0 unspecified atom stereocenters. The van der Waals surface area contributed by atoms with Crippen molar-refractivity contribution in [2.24, 2.45) is 0 Å². The van der Waals surface area contributed by atoms with Crippen molar-refractivity contribution in [2.75, 3.05) is 22.8 Å². The molecule has 0 radical (unpaired) electrons. The van der Waals surface area contributed by atoms with Gasteiger partial charge in [-0.2, -0.15) is 0 Å². The number of aryl methyl sites for hydroxylation is 2. The number of sulfonamides is 1. The van der Waals surface area contributed by atoms with Crippen molar-refractivity contribution in [3.8, 4) is 5.75 Å². The van der Waals surface area contributed by atoms with Gasteiger partial charge in [-0.3, -0.25) is 9.10 Å². The highest BCUT2D eigenvalue weighted by atomic mass is 35.5. The molecule has 0 aliphatic carbocycles. The molecule has 166 valence electrons. The van der Waals surface area contributed by atoms with Crippen LogP contribution in [0.25, 0.3) is 0 Å². The van der Waals surface area contributed by atoms with Gasteiger partial charge >= 0.3 is 0 Å². The lowest BCUT2D eigenvalue weighted by Crippen LogP contribution is -2.29. The van der Waals surface area contributed by atoms with Gasteiger partial charge in [-0.25, -0.2) is 8.42 Å². The van der Waals surface area contributed by atoms with Crippen molar-refractivity contribution in [2.45, 2.75) is 25.2 Å². The van der Waals surface area contributed by atoms with Crippen LogP contribution >= 0.6 is 11.6 Å². The molecule has 0 bridgehead atoms. The fourth-order valence-electron chi connectivity index (χ4n) is 3.73. The predicted octanol–water partition coefficient (Wildman–Crippen LogP) is 4.73. The van der Waals surface area contributed by atoms with Crippen LogP contribution in [0.1, 0.15) is 16.7 Å². The van der Waals surface area contributed by atoms with Crippen molar-refractivity contribution >= 4 is 38.9 Å². The standard InChI is InChI=1S/C24H23ClN2O4S/c1-16-7-9-21(17(2)13-16)26-24(28)15-31-23-10-8-19(14-20(23)25)32(29,30)27-12-11-18-5-3-4-6-22(18)27/h3-10,13-14H,11-12,15H2,1-2H3,(H,26,28). The van der Waals surface area contributed by atoms with Crippen LogP contribution in [0.4, 0.5) is 11.4 Å². The Balaban J connectivity index is 1.45. The highest BCUT2D eigenvalue weighted by Gasteiger charge is 2.31. The summed E-state index contributed by atoms with van der Waals surface area (Å²) in [7, 11) is -3.76. The highest BCUT2D eigenvalue weighted by molar-refractivity contribution is 7.92. The number of benzene rings is 3. The van der Waals surface area contributed by atoms with E-state index in [1.54, 1.807) is 6.07 Å².